The minimum Gasteiger partial charge on any atom is -0.1000 e. The first-order valence-corrected chi connectivity index (χ1v) is 6.06. The highest BCUT2D eigenvalue weighted by Gasteiger charge is 2.12. The van der Waals surface area contributed by atoms with Crippen LogP contribution in [-0.2, 0) is 4.43 Å². The first-order chi connectivity index (χ1) is 5.66. The summed E-state index contributed by atoms with van der Waals surface area (Å²) in [7, 11) is 0. The molecule has 0 aliphatic carbocycles. The number of halogens is 4. The maximum absolute atomic E-state index is 5.93. The van der Waals surface area contributed by atoms with Gasteiger partial charge in [-0.05, 0) is 11.6 Å². The van der Waals surface area contributed by atoms with Crippen LogP contribution in [0.1, 0.15) is 16.0 Å². The Labute approximate surface area is 100 Å². The summed E-state index contributed by atoms with van der Waals surface area (Å²) in [4.78, 5) is -0.538. The van der Waals surface area contributed by atoms with Crippen molar-refractivity contribution in [1.29, 1.82) is 0 Å². The Hall–Kier alpha value is 0.820. The van der Waals surface area contributed by atoms with E-state index < -0.39 is 4.84 Å². The monoisotopic (exact) mass is 334 g/mol. The van der Waals surface area contributed by atoms with Gasteiger partial charge in [0.25, 0.3) is 0 Å². The van der Waals surface area contributed by atoms with Gasteiger partial charge >= 0.3 is 0 Å². The largest absolute Gasteiger partial charge is 0.134 e. The van der Waals surface area contributed by atoms with E-state index in [0.29, 0.717) is 5.02 Å². The number of alkyl halides is 3. The molecular formula is C8H6Cl3I. The topological polar surface area (TPSA) is 0 Å². The van der Waals surface area contributed by atoms with E-state index in [1.165, 1.54) is 0 Å². The molecule has 1 aromatic carbocycles. The highest BCUT2D eigenvalue weighted by atomic mass is 127. The van der Waals surface area contributed by atoms with Gasteiger partial charge < -0.3 is 0 Å². The van der Waals surface area contributed by atoms with Crippen molar-refractivity contribution in [2.75, 3.05) is 0 Å². The molecule has 0 radical (unpaired) electrons. The van der Waals surface area contributed by atoms with Crippen molar-refractivity contribution in [2.45, 2.75) is 9.26 Å². The van der Waals surface area contributed by atoms with Crippen LogP contribution >= 0.6 is 57.4 Å². The van der Waals surface area contributed by atoms with Crippen LogP contribution in [0, 0.1) is 0 Å². The van der Waals surface area contributed by atoms with Gasteiger partial charge in [0.05, 0.1) is 0 Å². The third kappa shape index (κ3) is 2.41. The lowest BCUT2D eigenvalue weighted by Gasteiger charge is -2.09. The van der Waals surface area contributed by atoms with Gasteiger partial charge in [0.1, 0.15) is 4.84 Å². The van der Waals surface area contributed by atoms with Crippen molar-refractivity contribution >= 4 is 57.4 Å². The van der Waals surface area contributed by atoms with Crippen molar-refractivity contribution < 1.29 is 0 Å². The number of rotatable bonds is 2. The summed E-state index contributed by atoms with van der Waals surface area (Å²) in [5, 5.41) is 0.638. The van der Waals surface area contributed by atoms with Crippen LogP contribution in [0.15, 0.2) is 18.2 Å². The van der Waals surface area contributed by atoms with Gasteiger partial charge in [-0.1, -0.05) is 69.5 Å². The van der Waals surface area contributed by atoms with E-state index in [4.69, 9.17) is 34.8 Å². The van der Waals surface area contributed by atoms with Crippen LogP contribution < -0.4 is 0 Å². The molecule has 0 spiro atoms. The van der Waals surface area contributed by atoms with E-state index >= 15 is 0 Å². The fraction of sp³-hybridized carbons (Fsp3) is 0.250. The summed E-state index contributed by atoms with van der Waals surface area (Å²) in [5.41, 5.74) is 1.93. The first-order valence-electron chi connectivity index (χ1n) is 3.28. The van der Waals surface area contributed by atoms with Crippen molar-refractivity contribution in [3.05, 3.63) is 34.3 Å². The van der Waals surface area contributed by atoms with Crippen molar-refractivity contribution in [3.63, 3.8) is 0 Å². The molecule has 66 valence electrons. The van der Waals surface area contributed by atoms with Gasteiger partial charge in [0.15, 0.2) is 0 Å². The second kappa shape index (κ2) is 4.89. The third-order valence-corrected chi connectivity index (χ3v) is 3.09. The fourth-order valence-corrected chi connectivity index (χ4v) is 2.54. The molecule has 0 fully saturated rings. The Morgan fingerprint density at radius 3 is 2.42 bits per heavy atom. The van der Waals surface area contributed by atoms with Crippen LogP contribution in [-0.4, -0.2) is 0 Å². The molecule has 0 N–H and O–H groups in total. The standard InChI is InChI=1S/C8H6Cl3I/c9-6-3-1-2-5(4-12)7(6)8(10)11/h1-3,8H,4H2. The molecule has 12 heavy (non-hydrogen) atoms. The zero-order chi connectivity index (χ0) is 9.14. The minimum atomic E-state index is -0.538. The maximum atomic E-state index is 5.93. The van der Waals surface area contributed by atoms with Crippen molar-refractivity contribution in [1.82, 2.24) is 0 Å². The molecule has 0 saturated carbocycles. The summed E-state index contributed by atoms with van der Waals surface area (Å²) < 4.78 is 0.865. The molecule has 1 aromatic rings. The Balaban J connectivity index is 3.20. The van der Waals surface area contributed by atoms with E-state index in [1.54, 1.807) is 6.07 Å². The second-order valence-corrected chi connectivity index (χ2v) is 4.51. The fourth-order valence-electron chi connectivity index (χ4n) is 0.943. The van der Waals surface area contributed by atoms with Gasteiger partial charge in [-0.15, -0.1) is 0 Å². The van der Waals surface area contributed by atoms with Gasteiger partial charge in [-0.2, -0.15) is 0 Å². The normalized spacial score (nSPS) is 10.8. The molecule has 0 saturated heterocycles. The van der Waals surface area contributed by atoms with E-state index in [-0.39, 0.29) is 0 Å². The summed E-state index contributed by atoms with van der Waals surface area (Å²) >= 11 is 19.7. The second-order valence-electron chi connectivity index (χ2n) is 2.25. The Bertz CT molecular complexity index is 273. The summed E-state index contributed by atoms with van der Waals surface area (Å²) in [6.45, 7) is 0. The third-order valence-electron chi connectivity index (χ3n) is 1.51. The zero-order valence-corrected chi connectivity index (χ0v) is 10.5. The van der Waals surface area contributed by atoms with Crippen molar-refractivity contribution in [2.24, 2.45) is 0 Å². The first kappa shape index (κ1) is 10.9. The average Bonchev–Trinajstić information content (AvgIpc) is 2.03. The molecule has 0 nitrogen and oxygen atoms in total. The lowest BCUT2D eigenvalue weighted by atomic mass is 10.1. The van der Waals surface area contributed by atoms with Crippen LogP contribution in [0.25, 0.3) is 0 Å². The minimum absolute atomic E-state index is 0.538. The van der Waals surface area contributed by atoms with Crippen LogP contribution in [0.3, 0.4) is 0 Å². The Kier molecular flexibility index (Phi) is 4.44. The van der Waals surface area contributed by atoms with E-state index in [9.17, 15) is 0 Å². The number of hydrogen-bond donors (Lipinski definition) is 0. The predicted octanol–water partition coefficient (Wildman–Crippen LogP) is 4.75. The highest BCUT2D eigenvalue weighted by Crippen LogP contribution is 2.34. The highest BCUT2D eigenvalue weighted by molar-refractivity contribution is 14.1. The van der Waals surface area contributed by atoms with E-state index in [0.717, 1.165) is 15.6 Å². The molecule has 0 aliphatic rings. The van der Waals surface area contributed by atoms with Crippen LogP contribution in [0.2, 0.25) is 5.02 Å². The van der Waals surface area contributed by atoms with Crippen LogP contribution in [0.5, 0.6) is 0 Å². The molecule has 0 amide bonds. The molecule has 0 bridgehead atoms. The van der Waals surface area contributed by atoms with Gasteiger partial charge in [-0.3, -0.25) is 0 Å². The zero-order valence-electron chi connectivity index (χ0n) is 6.03. The van der Waals surface area contributed by atoms with Gasteiger partial charge in [0.2, 0.25) is 0 Å². The molecule has 0 unspecified atom stereocenters. The molecular weight excluding hydrogens is 329 g/mol. The van der Waals surface area contributed by atoms with E-state index in [1.807, 2.05) is 12.1 Å². The predicted molar refractivity (Wildman–Crippen MR) is 63.6 cm³/mol. The molecule has 0 aliphatic heterocycles. The van der Waals surface area contributed by atoms with E-state index in [2.05, 4.69) is 22.6 Å². The number of benzene rings is 1. The Morgan fingerprint density at radius 2 is 2.00 bits per heavy atom. The summed E-state index contributed by atoms with van der Waals surface area (Å²) in [6.07, 6.45) is 0. The molecule has 4 heteroatoms. The summed E-state index contributed by atoms with van der Waals surface area (Å²) in [6, 6.07) is 5.67. The smallest absolute Gasteiger partial charge is 0.1000 e. The number of hydrogen-bond acceptors (Lipinski definition) is 0. The lowest BCUT2D eigenvalue weighted by molar-refractivity contribution is 1.26. The SMILES string of the molecule is Clc1cccc(CI)c1C(Cl)Cl. The van der Waals surface area contributed by atoms with Gasteiger partial charge in [-0.25, -0.2) is 0 Å². The average molecular weight is 335 g/mol. The molecule has 0 heterocycles. The quantitative estimate of drug-likeness (QED) is 0.540. The van der Waals surface area contributed by atoms with Gasteiger partial charge in [0, 0.05) is 15.0 Å². The molecule has 1 rings (SSSR count). The lowest BCUT2D eigenvalue weighted by Crippen LogP contribution is -1.91. The Morgan fingerprint density at radius 1 is 1.33 bits per heavy atom. The van der Waals surface area contributed by atoms with Crippen molar-refractivity contribution in [3.8, 4) is 0 Å². The van der Waals surface area contributed by atoms with Crippen LogP contribution in [0.4, 0.5) is 0 Å². The summed E-state index contributed by atoms with van der Waals surface area (Å²) in [5.74, 6) is 0. The molecule has 0 atom stereocenters. The molecule has 0 aromatic heterocycles. The maximum Gasteiger partial charge on any atom is 0.134 e.